The number of aliphatic hydroxyl groups is 1. The molecule has 0 aromatic heterocycles. The highest BCUT2D eigenvalue weighted by molar-refractivity contribution is 8.02. The van der Waals surface area contributed by atoms with Crippen LogP contribution in [-0.2, 0) is 14.4 Å². The maximum absolute atomic E-state index is 14.5. The van der Waals surface area contributed by atoms with Crippen molar-refractivity contribution in [1.29, 1.82) is 0 Å². The SMILES string of the molecule is C=CCN(CCCC)C(=O)C1N([C@@H](CO)CC(C)C)C(=O)[C@@H]2[C@H](C(=O)N(CC=C)CCC)[C@]3(C)CCC12S3. The van der Waals surface area contributed by atoms with Crippen LogP contribution in [0.1, 0.15) is 73.1 Å². The molecule has 1 spiro atoms. The minimum absolute atomic E-state index is 0.00642. The Labute approximate surface area is 234 Å². The van der Waals surface area contributed by atoms with Gasteiger partial charge in [0.25, 0.3) is 0 Å². The first-order chi connectivity index (χ1) is 18.1. The Morgan fingerprint density at radius 2 is 1.74 bits per heavy atom. The van der Waals surface area contributed by atoms with E-state index in [9.17, 15) is 19.5 Å². The number of nitrogens with zero attached hydrogens (tertiary/aromatic N) is 3. The second-order valence-corrected chi connectivity index (χ2v) is 13.8. The van der Waals surface area contributed by atoms with Crippen molar-refractivity contribution >= 4 is 29.5 Å². The number of carbonyl (C=O) groups excluding carboxylic acids is 3. The molecule has 0 aromatic rings. The highest BCUT2D eigenvalue weighted by Crippen LogP contribution is 2.72. The molecule has 8 heteroatoms. The van der Waals surface area contributed by atoms with E-state index in [2.05, 4.69) is 40.9 Å². The van der Waals surface area contributed by atoms with Crippen LogP contribution in [0.25, 0.3) is 0 Å². The van der Waals surface area contributed by atoms with Crippen LogP contribution >= 0.6 is 11.8 Å². The van der Waals surface area contributed by atoms with Gasteiger partial charge in [0.1, 0.15) is 6.04 Å². The lowest BCUT2D eigenvalue weighted by Crippen LogP contribution is -2.57. The van der Waals surface area contributed by atoms with Crippen LogP contribution in [0.15, 0.2) is 25.3 Å². The summed E-state index contributed by atoms with van der Waals surface area (Å²) in [5.41, 5.74) is 0. The van der Waals surface area contributed by atoms with Crippen LogP contribution in [0.4, 0.5) is 0 Å². The summed E-state index contributed by atoms with van der Waals surface area (Å²) in [6.07, 6.45) is 8.23. The molecule has 6 atom stereocenters. The lowest BCUT2D eigenvalue weighted by molar-refractivity contribution is -0.148. The zero-order valence-corrected chi connectivity index (χ0v) is 25.0. The summed E-state index contributed by atoms with van der Waals surface area (Å²) in [4.78, 5) is 48.4. The average Bonchev–Trinajstić information content (AvgIpc) is 3.44. The molecule has 3 fully saturated rings. The molecule has 1 N–H and O–H groups in total. The van der Waals surface area contributed by atoms with Crippen molar-refractivity contribution < 1.29 is 19.5 Å². The Morgan fingerprint density at radius 3 is 2.26 bits per heavy atom. The molecule has 0 radical (unpaired) electrons. The summed E-state index contributed by atoms with van der Waals surface area (Å²) in [6, 6.07) is -1.16. The van der Waals surface area contributed by atoms with Crippen molar-refractivity contribution in [2.45, 2.75) is 94.7 Å². The number of hydrogen-bond acceptors (Lipinski definition) is 5. The molecule has 3 aliphatic rings. The number of thioether (sulfide) groups is 1. The number of aliphatic hydroxyl groups excluding tert-OH is 1. The molecule has 38 heavy (non-hydrogen) atoms. The third-order valence-corrected chi connectivity index (χ3v) is 10.6. The molecule has 3 rings (SSSR count). The van der Waals surface area contributed by atoms with Crippen molar-refractivity contribution in [2.75, 3.05) is 32.8 Å². The number of unbranched alkanes of at least 4 members (excludes halogenated alkanes) is 1. The van der Waals surface area contributed by atoms with E-state index >= 15 is 0 Å². The molecular formula is C30H49N3O4S. The third kappa shape index (κ3) is 5.32. The number of rotatable bonds is 15. The maximum atomic E-state index is 14.5. The van der Waals surface area contributed by atoms with E-state index in [1.807, 2.05) is 16.7 Å². The number of likely N-dealkylation sites (tertiary alicyclic amines) is 1. The lowest BCUT2D eigenvalue weighted by Gasteiger charge is -2.40. The van der Waals surface area contributed by atoms with E-state index < -0.39 is 33.4 Å². The first-order valence-electron chi connectivity index (χ1n) is 14.5. The maximum Gasteiger partial charge on any atom is 0.247 e. The Balaban J connectivity index is 2.13. The molecule has 0 aromatic carbocycles. The molecule has 3 saturated heterocycles. The predicted molar refractivity (Wildman–Crippen MR) is 155 cm³/mol. The van der Waals surface area contributed by atoms with Crippen LogP contribution in [0.2, 0.25) is 0 Å². The van der Waals surface area contributed by atoms with Gasteiger partial charge in [0, 0.05) is 30.9 Å². The van der Waals surface area contributed by atoms with Gasteiger partial charge in [-0.1, -0.05) is 46.3 Å². The fourth-order valence-electron chi connectivity index (χ4n) is 7.12. The fraction of sp³-hybridized carbons (Fsp3) is 0.767. The summed E-state index contributed by atoms with van der Waals surface area (Å²) < 4.78 is -1.08. The van der Waals surface area contributed by atoms with Crippen molar-refractivity contribution in [3.05, 3.63) is 25.3 Å². The fourth-order valence-corrected chi connectivity index (χ4v) is 9.45. The van der Waals surface area contributed by atoms with Gasteiger partial charge in [-0.2, -0.15) is 0 Å². The van der Waals surface area contributed by atoms with Gasteiger partial charge in [-0.15, -0.1) is 24.9 Å². The first-order valence-corrected chi connectivity index (χ1v) is 15.3. The quantitative estimate of drug-likeness (QED) is 0.312. The van der Waals surface area contributed by atoms with E-state index in [1.54, 1.807) is 28.8 Å². The molecule has 0 saturated carbocycles. The minimum Gasteiger partial charge on any atom is -0.394 e. The van der Waals surface area contributed by atoms with Crippen LogP contribution in [-0.4, -0.2) is 91.9 Å². The zero-order valence-electron chi connectivity index (χ0n) is 24.2. The van der Waals surface area contributed by atoms with Crippen molar-refractivity contribution in [2.24, 2.45) is 17.8 Å². The monoisotopic (exact) mass is 547 g/mol. The topological polar surface area (TPSA) is 81.2 Å². The largest absolute Gasteiger partial charge is 0.394 e. The van der Waals surface area contributed by atoms with Gasteiger partial charge in [-0.25, -0.2) is 0 Å². The summed E-state index contributed by atoms with van der Waals surface area (Å²) in [5, 5.41) is 10.5. The first kappa shape index (κ1) is 30.7. The Bertz CT molecular complexity index is 910. The summed E-state index contributed by atoms with van der Waals surface area (Å²) in [5.74, 6) is -1.05. The van der Waals surface area contributed by atoms with Crippen molar-refractivity contribution in [3.8, 4) is 0 Å². The van der Waals surface area contributed by atoms with Crippen molar-refractivity contribution in [1.82, 2.24) is 14.7 Å². The summed E-state index contributed by atoms with van der Waals surface area (Å²) in [6.45, 7) is 20.0. The minimum atomic E-state index is -0.698. The second-order valence-electron chi connectivity index (χ2n) is 11.9. The van der Waals surface area contributed by atoms with E-state index in [-0.39, 0.29) is 30.2 Å². The molecule has 2 bridgehead atoms. The molecule has 7 nitrogen and oxygen atoms in total. The molecule has 214 valence electrons. The average molecular weight is 548 g/mol. The molecule has 3 aliphatic heterocycles. The predicted octanol–water partition coefficient (Wildman–Crippen LogP) is 4.11. The van der Waals surface area contributed by atoms with Crippen LogP contribution in [0.5, 0.6) is 0 Å². The van der Waals surface area contributed by atoms with E-state index in [0.717, 1.165) is 25.7 Å². The highest BCUT2D eigenvalue weighted by Gasteiger charge is 2.78. The molecule has 3 heterocycles. The van der Waals surface area contributed by atoms with Crippen LogP contribution in [0, 0.1) is 17.8 Å². The number of carbonyl (C=O) groups is 3. The van der Waals surface area contributed by atoms with Gasteiger partial charge in [0.15, 0.2) is 0 Å². The van der Waals surface area contributed by atoms with Crippen LogP contribution in [0.3, 0.4) is 0 Å². The molecule has 0 aliphatic carbocycles. The number of hydrogen-bond donors (Lipinski definition) is 1. The smallest absolute Gasteiger partial charge is 0.247 e. The molecule has 2 unspecified atom stereocenters. The van der Waals surface area contributed by atoms with Crippen molar-refractivity contribution in [3.63, 3.8) is 0 Å². The molecule has 3 amide bonds. The second kappa shape index (κ2) is 12.6. The van der Waals surface area contributed by atoms with Gasteiger partial charge in [-0.05, 0) is 44.9 Å². The normalized spacial score (nSPS) is 30.4. The zero-order chi connectivity index (χ0) is 28.3. The van der Waals surface area contributed by atoms with E-state index in [0.29, 0.717) is 39.0 Å². The number of amides is 3. The van der Waals surface area contributed by atoms with Gasteiger partial charge in [0.05, 0.1) is 29.2 Å². The Hall–Kier alpha value is -1.80. The van der Waals surface area contributed by atoms with Crippen LogP contribution < -0.4 is 0 Å². The van der Waals surface area contributed by atoms with Gasteiger partial charge in [0.2, 0.25) is 17.7 Å². The Morgan fingerprint density at radius 1 is 1.11 bits per heavy atom. The van der Waals surface area contributed by atoms with Gasteiger partial charge < -0.3 is 19.8 Å². The van der Waals surface area contributed by atoms with Gasteiger partial charge in [-0.3, -0.25) is 14.4 Å². The molecular weight excluding hydrogens is 498 g/mol. The summed E-state index contributed by atoms with van der Waals surface area (Å²) >= 11 is 1.70. The van der Waals surface area contributed by atoms with E-state index in [4.69, 9.17) is 0 Å². The summed E-state index contributed by atoms with van der Waals surface area (Å²) in [7, 11) is 0. The lowest BCUT2D eigenvalue weighted by atomic mass is 9.66. The van der Waals surface area contributed by atoms with Gasteiger partial charge >= 0.3 is 0 Å². The Kier molecular flexibility index (Phi) is 10.2. The standard InChI is InChI=1S/C30H49N3O4S/c1-8-12-18-32(17-11-4)28(37)25-30-14-13-29(7,38-30)23(26(35)31(15-9-2)16-10-3)24(30)27(36)33(25)22(20-34)19-21(5)6/h9,11,21-25,34H,2,4,8,10,12-20H2,1,3,5-7H3/t22-,23-,24+,25?,29+,30?/m1/s1. The van der Waals surface area contributed by atoms with E-state index in [1.165, 1.54) is 0 Å². The number of fused-ring (bicyclic) bond motifs is 1. The highest BCUT2D eigenvalue weighted by atomic mass is 32.2. The third-order valence-electron chi connectivity index (χ3n) is 8.66.